The topological polar surface area (TPSA) is 42.2 Å². The molecule has 0 unspecified atom stereocenters. The van der Waals surface area contributed by atoms with Gasteiger partial charge < -0.3 is 5.73 Å². The van der Waals surface area contributed by atoms with Crippen LogP contribution in [0.25, 0.3) is 0 Å². The van der Waals surface area contributed by atoms with Crippen LogP contribution in [0.5, 0.6) is 0 Å². The number of nitrogens with zero attached hydrogens (tertiary/aromatic N) is 2. The molecular formula is C12H19N3. The molecule has 1 aliphatic rings. The summed E-state index contributed by atoms with van der Waals surface area (Å²) in [6.07, 6.45) is 5.46. The number of hydrogen-bond donors (Lipinski definition) is 1. The third-order valence-electron chi connectivity index (χ3n) is 3.10. The second-order valence-electron chi connectivity index (χ2n) is 4.17. The fraction of sp³-hybridized carbons (Fsp3) is 0.583. The number of aromatic nitrogens is 1. The van der Waals surface area contributed by atoms with E-state index >= 15 is 0 Å². The van der Waals surface area contributed by atoms with Crippen molar-refractivity contribution in [3.05, 3.63) is 23.9 Å². The Morgan fingerprint density at radius 1 is 1.60 bits per heavy atom. The fourth-order valence-electron chi connectivity index (χ4n) is 2.44. The highest BCUT2D eigenvalue weighted by atomic mass is 15.2. The summed E-state index contributed by atoms with van der Waals surface area (Å²) in [5, 5.41) is 0. The Labute approximate surface area is 91.3 Å². The summed E-state index contributed by atoms with van der Waals surface area (Å²) in [5.74, 6) is 0.700. The smallest absolute Gasteiger partial charge is 0.128 e. The molecule has 3 nitrogen and oxygen atoms in total. The van der Waals surface area contributed by atoms with Gasteiger partial charge in [-0.05, 0) is 38.4 Å². The molecule has 0 bridgehead atoms. The van der Waals surface area contributed by atoms with Gasteiger partial charge in [-0.3, -0.25) is 4.90 Å². The van der Waals surface area contributed by atoms with Crippen LogP contribution in [0.3, 0.4) is 0 Å². The maximum absolute atomic E-state index is 5.92. The zero-order valence-corrected chi connectivity index (χ0v) is 9.32. The molecular weight excluding hydrogens is 186 g/mol. The van der Waals surface area contributed by atoms with Gasteiger partial charge in [0.15, 0.2) is 0 Å². The Morgan fingerprint density at radius 3 is 3.20 bits per heavy atom. The van der Waals surface area contributed by atoms with E-state index in [1.165, 1.54) is 37.9 Å². The average Bonchev–Trinajstić information content (AvgIpc) is 2.67. The number of nitrogens with two attached hydrogens (primary N) is 1. The molecule has 0 aliphatic carbocycles. The van der Waals surface area contributed by atoms with Crippen molar-refractivity contribution >= 4 is 5.82 Å². The van der Waals surface area contributed by atoms with Gasteiger partial charge in [0.1, 0.15) is 5.82 Å². The first kappa shape index (κ1) is 10.4. The quantitative estimate of drug-likeness (QED) is 0.822. The molecule has 1 aromatic heterocycles. The van der Waals surface area contributed by atoms with E-state index in [0.717, 1.165) is 0 Å². The van der Waals surface area contributed by atoms with Crippen LogP contribution in [0.15, 0.2) is 18.3 Å². The molecule has 0 amide bonds. The van der Waals surface area contributed by atoms with E-state index in [1.807, 2.05) is 6.07 Å². The minimum absolute atomic E-state index is 0.499. The minimum atomic E-state index is 0.499. The van der Waals surface area contributed by atoms with Gasteiger partial charge in [0.05, 0.1) is 0 Å². The summed E-state index contributed by atoms with van der Waals surface area (Å²) >= 11 is 0. The molecule has 1 atom stereocenters. The van der Waals surface area contributed by atoms with Crippen molar-refractivity contribution in [3.63, 3.8) is 0 Å². The molecule has 2 rings (SSSR count). The van der Waals surface area contributed by atoms with Crippen molar-refractivity contribution in [2.24, 2.45) is 0 Å². The first-order chi connectivity index (χ1) is 7.33. The van der Waals surface area contributed by atoms with Crippen molar-refractivity contribution in [2.45, 2.75) is 32.2 Å². The van der Waals surface area contributed by atoms with Crippen molar-refractivity contribution in [3.8, 4) is 0 Å². The van der Waals surface area contributed by atoms with Crippen molar-refractivity contribution in [1.29, 1.82) is 0 Å². The SMILES string of the molecule is CCCN1CCC[C@@H]1c1cccnc1N. The van der Waals surface area contributed by atoms with Crippen molar-refractivity contribution in [2.75, 3.05) is 18.8 Å². The largest absolute Gasteiger partial charge is 0.383 e. The molecule has 1 saturated heterocycles. The summed E-state index contributed by atoms with van der Waals surface area (Å²) in [6, 6.07) is 4.59. The van der Waals surface area contributed by atoms with E-state index in [4.69, 9.17) is 5.73 Å². The molecule has 0 spiro atoms. The maximum Gasteiger partial charge on any atom is 0.128 e. The van der Waals surface area contributed by atoms with Gasteiger partial charge >= 0.3 is 0 Å². The number of nitrogen functional groups attached to an aromatic ring is 1. The Morgan fingerprint density at radius 2 is 2.47 bits per heavy atom. The Bertz CT molecular complexity index is 324. The van der Waals surface area contributed by atoms with E-state index in [9.17, 15) is 0 Å². The molecule has 2 heterocycles. The van der Waals surface area contributed by atoms with Crippen LogP contribution >= 0.6 is 0 Å². The van der Waals surface area contributed by atoms with Crippen LogP contribution in [-0.2, 0) is 0 Å². The Kier molecular flexibility index (Phi) is 3.21. The zero-order chi connectivity index (χ0) is 10.7. The van der Waals surface area contributed by atoms with Gasteiger partial charge in [-0.2, -0.15) is 0 Å². The lowest BCUT2D eigenvalue weighted by Crippen LogP contribution is -2.24. The minimum Gasteiger partial charge on any atom is -0.383 e. The molecule has 1 aliphatic heterocycles. The lowest BCUT2D eigenvalue weighted by atomic mass is 10.1. The first-order valence-corrected chi connectivity index (χ1v) is 5.77. The monoisotopic (exact) mass is 205 g/mol. The zero-order valence-electron chi connectivity index (χ0n) is 9.32. The molecule has 3 heteroatoms. The van der Waals surface area contributed by atoms with Crippen molar-refractivity contribution in [1.82, 2.24) is 9.88 Å². The molecule has 15 heavy (non-hydrogen) atoms. The van der Waals surface area contributed by atoms with E-state index in [2.05, 4.69) is 22.9 Å². The van der Waals surface area contributed by atoms with Crippen LogP contribution in [0, 0.1) is 0 Å². The summed E-state index contributed by atoms with van der Waals surface area (Å²) < 4.78 is 0. The van der Waals surface area contributed by atoms with Crippen molar-refractivity contribution < 1.29 is 0 Å². The predicted octanol–water partition coefficient (Wildman–Crippen LogP) is 2.21. The molecule has 1 aromatic rings. The van der Waals surface area contributed by atoms with Crippen LogP contribution in [0.2, 0.25) is 0 Å². The van der Waals surface area contributed by atoms with Gasteiger partial charge in [0, 0.05) is 17.8 Å². The lowest BCUT2D eigenvalue weighted by molar-refractivity contribution is 0.258. The summed E-state index contributed by atoms with van der Waals surface area (Å²) in [7, 11) is 0. The Hall–Kier alpha value is -1.09. The number of rotatable bonds is 3. The highest BCUT2D eigenvalue weighted by Gasteiger charge is 2.26. The number of likely N-dealkylation sites (tertiary alicyclic amines) is 1. The highest BCUT2D eigenvalue weighted by molar-refractivity contribution is 5.41. The van der Waals surface area contributed by atoms with Crippen LogP contribution in [-0.4, -0.2) is 23.0 Å². The standard InChI is InChI=1S/C12H19N3/c1-2-8-15-9-4-6-11(15)10-5-3-7-14-12(10)13/h3,5,7,11H,2,4,6,8-9H2,1H3,(H2,13,14)/t11-/m1/s1. The molecule has 82 valence electrons. The fourth-order valence-corrected chi connectivity index (χ4v) is 2.44. The molecule has 0 aromatic carbocycles. The van der Waals surface area contributed by atoms with Crippen LogP contribution < -0.4 is 5.73 Å². The predicted molar refractivity (Wildman–Crippen MR) is 62.5 cm³/mol. The third kappa shape index (κ3) is 2.12. The highest BCUT2D eigenvalue weighted by Crippen LogP contribution is 2.33. The second kappa shape index (κ2) is 4.62. The number of anilines is 1. The number of hydrogen-bond acceptors (Lipinski definition) is 3. The summed E-state index contributed by atoms with van der Waals surface area (Å²) in [5.41, 5.74) is 7.13. The molecule has 0 saturated carbocycles. The molecule has 2 N–H and O–H groups in total. The van der Waals surface area contributed by atoms with Gasteiger partial charge in [-0.25, -0.2) is 4.98 Å². The van der Waals surface area contributed by atoms with E-state index in [1.54, 1.807) is 6.20 Å². The summed E-state index contributed by atoms with van der Waals surface area (Å²) in [4.78, 5) is 6.69. The normalized spacial score (nSPS) is 22.1. The van der Waals surface area contributed by atoms with Gasteiger partial charge in [-0.15, -0.1) is 0 Å². The van der Waals surface area contributed by atoms with Crippen LogP contribution in [0.4, 0.5) is 5.82 Å². The summed E-state index contributed by atoms with van der Waals surface area (Å²) in [6.45, 7) is 4.59. The number of pyridine rings is 1. The lowest BCUT2D eigenvalue weighted by Gasteiger charge is -2.24. The molecule has 0 radical (unpaired) electrons. The average molecular weight is 205 g/mol. The third-order valence-corrected chi connectivity index (χ3v) is 3.10. The first-order valence-electron chi connectivity index (χ1n) is 5.77. The van der Waals surface area contributed by atoms with Gasteiger partial charge in [-0.1, -0.05) is 13.0 Å². The van der Waals surface area contributed by atoms with Gasteiger partial charge in [0.2, 0.25) is 0 Å². The Balaban J connectivity index is 2.19. The van der Waals surface area contributed by atoms with E-state index < -0.39 is 0 Å². The maximum atomic E-state index is 5.92. The second-order valence-corrected chi connectivity index (χ2v) is 4.17. The van der Waals surface area contributed by atoms with E-state index in [-0.39, 0.29) is 0 Å². The van der Waals surface area contributed by atoms with Crippen LogP contribution in [0.1, 0.15) is 37.8 Å². The molecule has 1 fully saturated rings. The van der Waals surface area contributed by atoms with Gasteiger partial charge in [0.25, 0.3) is 0 Å². The van der Waals surface area contributed by atoms with E-state index in [0.29, 0.717) is 11.9 Å².